The molecule has 0 aromatic rings. The van der Waals surface area contributed by atoms with E-state index in [2.05, 4.69) is 0 Å². The molecule has 0 aromatic carbocycles. The molecule has 0 aliphatic heterocycles. The molecule has 0 aromatic heterocycles. The normalized spacial score (nSPS) is 0. The van der Waals surface area contributed by atoms with Crippen molar-refractivity contribution < 1.29 is 62.1 Å². The van der Waals surface area contributed by atoms with Gasteiger partial charge in [0.25, 0.3) is 0 Å². The molecule has 0 amide bonds. The van der Waals surface area contributed by atoms with Gasteiger partial charge in [0.2, 0.25) is 0 Å². The van der Waals surface area contributed by atoms with Gasteiger partial charge in [-0.25, -0.2) is 0 Å². The van der Waals surface area contributed by atoms with Crippen LogP contribution >= 0.6 is 0 Å². The molecule has 0 saturated carbocycles. The number of hydrogen-bond acceptors (Lipinski definition) is 0. The molecule has 0 aliphatic rings. The second-order valence-electron chi connectivity index (χ2n) is 0. The van der Waals surface area contributed by atoms with Gasteiger partial charge in [0.1, 0.15) is 0 Å². The van der Waals surface area contributed by atoms with Crippen LogP contribution in [0.3, 0.4) is 0 Å². The Morgan fingerprint density at radius 3 is 0.429 bits per heavy atom. The van der Waals surface area contributed by atoms with E-state index in [9.17, 15) is 0 Å². The fraction of sp³-hybridized carbons (Fsp3) is 0. The van der Waals surface area contributed by atoms with Crippen molar-refractivity contribution in [2.24, 2.45) is 0 Å². The van der Waals surface area contributed by atoms with E-state index in [4.69, 9.17) is 0 Å². The first-order valence-corrected chi connectivity index (χ1v) is 0. The van der Waals surface area contributed by atoms with Gasteiger partial charge < -0.3 is 27.4 Å². The van der Waals surface area contributed by atoms with Crippen molar-refractivity contribution in [3.8, 4) is 0 Å². The van der Waals surface area contributed by atoms with Gasteiger partial charge in [-0.05, 0) is 0 Å². The second kappa shape index (κ2) is 316. The van der Waals surface area contributed by atoms with E-state index >= 15 is 0 Å². The van der Waals surface area contributed by atoms with Gasteiger partial charge in [-0.1, -0.05) is 0 Å². The van der Waals surface area contributed by atoms with Crippen LogP contribution < -0.4 is 0 Å². The number of rotatable bonds is 0. The summed E-state index contributed by atoms with van der Waals surface area (Å²) in [6.45, 7) is 0. The van der Waals surface area contributed by atoms with Crippen LogP contribution in [0.1, 0.15) is 0 Å². The Labute approximate surface area is 62.5 Å². The fourth-order valence-electron chi connectivity index (χ4n) is 0. The quantitative estimate of drug-likeness (QED) is 0.412. The standard InChI is InChI=1S/2Cr.2H2O.3O/h;;2*1H2;;;/q2*+3;;;3*-2. The summed E-state index contributed by atoms with van der Waals surface area (Å²) in [5, 5.41) is 0. The van der Waals surface area contributed by atoms with Crippen molar-refractivity contribution in [3.63, 3.8) is 0 Å². The van der Waals surface area contributed by atoms with Crippen LogP contribution in [0.5, 0.6) is 0 Å². The molecular weight excluding hydrogens is 184 g/mol. The van der Waals surface area contributed by atoms with Crippen LogP contribution in [-0.4, -0.2) is 11.0 Å². The fourth-order valence-corrected chi connectivity index (χ4v) is 0. The van der Waals surface area contributed by atoms with E-state index in [0.29, 0.717) is 0 Å². The molecule has 4 N–H and O–H groups in total. The zero-order valence-electron chi connectivity index (χ0n) is 3.04. The summed E-state index contributed by atoms with van der Waals surface area (Å²) < 4.78 is 0. The first-order chi connectivity index (χ1) is 0. The Bertz CT molecular complexity index is 6.04. The topological polar surface area (TPSA) is 148 Å². The van der Waals surface area contributed by atoms with Crippen molar-refractivity contribution in [1.82, 2.24) is 0 Å². The van der Waals surface area contributed by atoms with E-state index in [1.165, 1.54) is 0 Å². The van der Waals surface area contributed by atoms with Gasteiger partial charge in [0.15, 0.2) is 0 Å². The van der Waals surface area contributed by atoms with Crippen LogP contribution in [0.25, 0.3) is 0 Å². The van der Waals surface area contributed by atoms with E-state index < -0.39 is 0 Å². The van der Waals surface area contributed by atoms with Gasteiger partial charge in [-0.2, -0.15) is 0 Å². The van der Waals surface area contributed by atoms with Crippen molar-refractivity contribution in [3.05, 3.63) is 0 Å². The molecule has 0 spiro atoms. The zero-order valence-corrected chi connectivity index (χ0v) is 5.59. The smallest absolute Gasteiger partial charge is 2.00 e. The summed E-state index contributed by atoms with van der Waals surface area (Å²) >= 11 is 0. The molecule has 0 fully saturated rings. The minimum absolute atomic E-state index is 0. The molecule has 7 heavy (non-hydrogen) atoms. The van der Waals surface area contributed by atoms with Gasteiger partial charge in [0, 0.05) is 0 Å². The molecule has 0 aliphatic carbocycles. The van der Waals surface area contributed by atoms with Gasteiger partial charge >= 0.3 is 34.7 Å². The maximum Gasteiger partial charge on any atom is 3.00 e. The Kier molecular flexibility index (Phi) is 22300. The van der Waals surface area contributed by atoms with Crippen LogP contribution in [0.15, 0.2) is 0 Å². The van der Waals surface area contributed by atoms with Crippen molar-refractivity contribution in [2.75, 3.05) is 0 Å². The monoisotopic (exact) mass is 188 g/mol. The van der Waals surface area contributed by atoms with Crippen molar-refractivity contribution in [2.45, 2.75) is 0 Å². The first-order valence-electron chi connectivity index (χ1n) is 0. The number of hydrogen-bond donors (Lipinski definition) is 0. The molecule has 0 heterocycles. The maximum atomic E-state index is 0. The van der Waals surface area contributed by atoms with Gasteiger partial charge in [-0.15, -0.1) is 0 Å². The maximum absolute atomic E-state index is 0. The predicted octanol–water partition coefficient (Wildman–Crippen LogP) is -2.01. The Morgan fingerprint density at radius 1 is 0.429 bits per heavy atom. The summed E-state index contributed by atoms with van der Waals surface area (Å²) in [5.74, 6) is 0. The SMILES string of the molecule is O.O.[Cr+3].[Cr+3].[O-2].[O-2].[O-2]. The predicted molar refractivity (Wildman–Crippen MR) is 9.29 cm³/mol. The minimum atomic E-state index is 0. The Morgan fingerprint density at radius 2 is 0.429 bits per heavy atom. The molecule has 46 valence electrons. The second-order valence-corrected chi connectivity index (χ2v) is 0. The first kappa shape index (κ1) is 495. The average Bonchev–Trinajstić information content (AvgIpc) is 0. The minimum Gasteiger partial charge on any atom is -2.00 e. The Balaban J connectivity index is 0. The molecule has 0 bridgehead atoms. The summed E-state index contributed by atoms with van der Waals surface area (Å²) in [6.07, 6.45) is 0. The van der Waals surface area contributed by atoms with E-state index in [-0.39, 0.29) is 62.1 Å². The molecule has 7 heteroatoms. The zero-order chi connectivity index (χ0) is 0. The molecule has 0 unspecified atom stereocenters. The third kappa shape index (κ3) is 217. The molecule has 5 nitrogen and oxygen atoms in total. The summed E-state index contributed by atoms with van der Waals surface area (Å²) in [4.78, 5) is 0. The molecule has 0 atom stereocenters. The Hall–Kier alpha value is 0.865. The van der Waals surface area contributed by atoms with E-state index in [1.807, 2.05) is 0 Å². The largest absolute Gasteiger partial charge is 3.00 e. The summed E-state index contributed by atoms with van der Waals surface area (Å²) in [6, 6.07) is 0. The third-order valence-corrected chi connectivity index (χ3v) is 0. The third-order valence-electron chi connectivity index (χ3n) is 0. The average molecular weight is 188 g/mol. The van der Waals surface area contributed by atoms with Gasteiger partial charge in [0.05, 0.1) is 0 Å². The van der Waals surface area contributed by atoms with Crippen LogP contribution in [-0.2, 0) is 51.2 Å². The van der Waals surface area contributed by atoms with Crippen LogP contribution in [0.4, 0.5) is 0 Å². The van der Waals surface area contributed by atoms with E-state index in [0.717, 1.165) is 0 Å². The van der Waals surface area contributed by atoms with Crippen molar-refractivity contribution in [1.29, 1.82) is 0 Å². The van der Waals surface area contributed by atoms with Crippen LogP contribution in [0.2, 0.25) is 0 Å². The molecule has 2 radical (unpaired) electrons. The molecule has 0 saturated heterocycles. The molecular formula is H4Cr2O5. The van der Waals surface area contributed by atoms with Gasteiger partial charge in [-0.3, -0.25) is 0 Å². The van der Waals surface area contributed by atoms with Crippen LogP contribution in [0, 0.1) is 0 Å². The molecule has 0 rings (SSSR count). The summed E-state index contributed by atoms with van der Waals surface area (Å²) in [7, 11) is 0. The van der Waals surface area contributed by atoms with Crippen molar-refractivity contribution >= 4 is 0 Å². The summed E-state index contributed by atoms with van der Waals surface area (Å²) in [5.41, 5.74) is 0. The van der Waals surface area contributed by atoms with E-state index in [1.54, 1.807) is 0 Å².